The van der Waals surface area contributed by atoms with Gasteiger partial charge < -0.3 is 5.32 Å². The second-order valence-corrected chi connectivity index (χ2v) is 7.67. The summed E-state index contributed by atoms with van der Waals surface area (Å²) in [6, 6.07) is 11.8. The van der Waals surface area contributed by atoms with E-state index in [1.807, 2.05) is 41.8 Å². The molecule has 1 saturated carbocycles. The van der Waals surface area contributed by atoms with Crippen molar-refractivity contribution in [2.24, 2.45) is 11.8 Å². The van der Waals surface area contributed by atoms with Crippen LogP contribution in [-0.2, 0) is 0 Å². The monoisotopic (exact) mass is 347 g/mol. The Kier molecular flexibility index (Phi) is 5.39. The molecule has 0 saturated heterocycles. The number of halogens is 1. The van der Waals surface area contributed by atoms with Crippen LogP contribution in [0, 0.1) is 11.8 Å². The van der Waals surface area contributed by atoms with Crippen molar-refractivity contribution in [3.63, 3.8) is 0 Å². The fourth-order valence-electron chi connectivity index (χ4n) is 3.21. The van der Waals surface area contributed by atoms with E-state index in [9.17, 15) is 4.79 Å². The third kappa shape index (κ3) is 4.15. The van der Waals surface area contributed by atoms with Gasteiger partial charge >= 0.3 is 0 Å². The highest BCUT2D eigenvalue weighted by atomic mass is 35.5. The quantitative estimate of drug-likeness (QED) is 0.684. The largest absolute Gasteiger partial charge is 0.344 e. The van der Waals surface area contributed by atoms with Crippen LogP contribution in [0.15, 0.2) is 41.8 Å². The van der Waals surface area contributed by atoms with Gasteiger partial charge in [0.25, 0.3) is 5.91 Å². The smallest absolute Gasteiger partial charge is 0.261 e. The molecule has 3 atom stereocenters. The number of thiophene rings is 1. The first-order valence-corrected chi connectivity index (χ1v) is 9.54. The van der Waals surface area contributed by atoms with E-state index < -0.39 is 0 Å². The number of unbranched alkanes of at least 4 members (excludes halogenated alkanes) is 1. The Balaban J connectivity index is 1.74. The predicted molar refractivity (Wildman–Crippen MR) is 97.1 cm³/mol. The molecule has 122 valence electrons. The molecule has 1 amide bonds. The normalized spacial score (nSPS) is 21.0. The van der Waals surface area contributed by atoms with Crippen molar-refractivity contribution in [1.82, 2.24) is 5.32 Å². The molecule has 1 aliphatic carbocycles. The van der Waals surface area contributed by atoms with E-state index in [1.54, 1.807) is 0 Å². The molecule has 1 fully saturated rings. The van der Waals surface area contributed by atoms with Crippen LogP contribution in [0.25, 0.3) is 0 Å². The van der Waals surface area contributed by atoms with Crippen LogP contribution < -0.4 is 5.32 Å². The van der Waals surface area contributed by atoms with E-state index in [4.69, 9.17) is 11.6 Å². The second kappa shape index (κ2) is 7.50. The maximum Gasteiger partial charge on any atom is 0.261 e. The molecule has 0 radical (unpaired) electrons. The first-order valence-electron chi connectivity index (χ1n) is 8.29. The number of carbonyl (C=O) groups excluding carboxylic acids is 1. The number of hydrogen-bond acceptors (Lipinski definition) is 2. The van der Waals surface area contributed by atoms with Gasteiger partial charge in [-0.25, -0.2) is 0 Å². The highest BCUT2D eigenvalue weighted by molar-refractivity contribution is 7.12. The van der Waals surface area contributed by atoms with Gasteiger partial charge in [-0.1, -0.05) is 56.0 Å². The Morgan fingerprint density at radius 1 is 1.35 bits per heavy atom. The molecule has 23 heavy (non-hydrogen) atoms. The summed E-state index contributed by atoms with van der Waals surface area (Å²) < 4.78 is 0. The zero-order chi connectivity index (χ0) is 16.2. The van der Waals surface area contributed by atoms with Gasteiger partial charge in [0.05, 0.1) is 10.9 Å². The summed E-state index contributed by atoms with van der Waals surface area (Å²) in [6.07, 6.45) is 4.97. The number of carbonyl (C=O) groups is 1. The molecular formula is C19H22ClNOS. The van der Waals surface area contributed by atoms with Crippen LogP contribution in [-0.4, -0.2) is 5.91 Å². The number of benzene rings is 1. The van der Waals surface area contributed by atoms with Gasteiger partial charge in [-0.15, -0.1) is 11.3 Å². The van der Waals surface area contributed by atoms with Crippen molar-refractivity contribution in [2.45, 2.75) is 38.6 Å². The SMILES string of the molecule is CCCC[C@@H]1C[C@@H]1C(NC(=O)c1cccs1)c1ccc(Cl)cc1. The van der Waals surface area contributed by atoms with Crippen LogP contribution in [0.2, 0.25) is 5.02 Å². The van der Waals surface area contributed by atoms with E-state index in [1.165, 1.54) is 37.0 Å². The maximum absolute atomic E-state index is 12.5. The van der Waals surface area contributed by atoms with Gasteiger partial charge in [0.1, 0.15) is 0 Å². The molecule has 1 aromatic heterocycles. The van der Waals surface area contributed by atoms with Gasteiger partial charge in [0.15, 0.2) is 0 Å². The summed E-state index contributed by atoms with van der Waals surface area (Å²) in [5, 5.41) is 5.92. The minimum atomic E-state index is 0.0288. The molecular weight excluding hydrogens is 326 g/mol. The highest BCUT2D eigenvalue weighted by Gasteiger charge is 2.43. The minimum Gasteiger partial charge on any atom is -0.344 e. The summed E-state index contributed by atoms with van der Waals surface area (Å²) in [5.74, 6) is 1.31. The van der Waals surface area contributed by atoms with Crippen LogP contribution in [0.4, 0.5) is 0 Å². The molecule has 1 aromatic carbocycles. The van der Waals surface area contributed by atoms with E-state index in [2.05, 4.69) is 12.2 Å². The lowest BCUT2D eigenvalue weighted by Crippen LogP contribution is -2.29. The molecule has 3 rings (SSSR count). The van der Waals surface area contributed by atoms with Gasteiger partial charge in [-0.3, -0.25) is 4.79 Å². The Hall–Kier alpha value is -1.32. The summed E-state index contributed by atoms with van der Waals surface area (Å²) in [6.45, 7) is 2.23. The zero-order valence-corrected chi connectivity index (χ0v) is 14.9. The Labute approximate surface area is 146 Å². The Bertz CT molecular complexity index is 638. The Morgan fingerprint density at radius 2 is 2.13 bits per heavy atom. The Morgan fingerprint density at radius 3 is 2.78 bits per heavy atom. The molecule has 2 aromatic rings. The zero-order valence-electron chi connectivity index (χ0n) is 13.3. The van der Waals surface area contributed by atoms with E-state index >= 15 is 0 Å². The fraction of sp³-hybridized carbons (Fsp3) is 0.421. The van der Waals surface area contributed by atoms with Gasteiger partial charge in [0.2, 0.25) is 0 Å². The molecule has 1 aliphatic rings. The third-order valence-electron chi connectivity index (χ3n) is 4.59. The molecule has 2 nitrogen and oxygen atoms in total. The molecule has 0 bridgehead atoms. The fourth-order valence-corrected chi connectivity index (χ4v) is 3.96. The number of amides is 1. The van der Waals surface area contributed by atoms with Gasteiger partial charge in [-0.2, -0.15) is 0 Å². The highest BCUT2D eigenvalue weighted by Crippen LogP contribution is 2.50. The number of hydrogen-bond donors (Lipinski definition) is 1. The van der Waals surface area contributed by atoms with Crippen LogP contribution in [0.5, 0.6) is 0 Å². The van der Waals surface area contributed by atoms with Crippen LogP contribution in [0.3, 0.4) is 0 Å². The van der Waals surface area contributed by atoms with Crippen molar-refractivity contribution < 1.29 is 4.79 Å². The lowest BCUT2D eigenvalue weighted by Gasteiger charge is -2.19. The predicted octanol–water partition coefficient (Wildman–Crippen LogP) is 5.70. The standard InChI is InChI=1S/C19H22ClNOS/c1-2-3-5-14-12-16(14)18(13-7-9-15(20)10-8-13)21-19(22)17-6-4-11-23-17/h4,6-11,14,16,18H,2-3,5,12H2,1H3,(H,21,22)/t14-,16+,18?/m1/s1. The minimum absolute atomic E-state index is 0.0288. The van der Waals surface area contributed by atoms with E-state index in [0.29, 0.717) is 5.92 Å². The number of rotatable bonds is 7. The van der Waals surface area contributed by atoms with Gasteiger partial charge in [0, 0.05) is 5.02 Å². The average molecular weight is 348 g/mol. The molecule has 0 aliphatic heterocycles. The second-order valence-electron chi connectivity index (χ2n) is 6.28. The van der Waals surface area contributed by atoms with Crippen molar-refractivity contribution in [2.75, 3.05) is 0 Å². The van der Waals surface area contributed by atoms with Crippen molar-refractivity contribution in [3.8, 4) is 0 Å². The van der Waals surface area contributed by atoms with Gasteiger partial charge in [-0.05, 0) is 47.4 Å². The summed E-state index contributed by atoms with van der Waals surface area (Å²) >= 11 is 7.49. The van der Waals surface area contributed by atoms with Crippen LogP contribution in [0.1, 0.15) is 53.9 Å². The molecule has 1 heterocycles. The van der Waals surface area contributed by atoms with Crippen molar-refractivity contribution in [1.29, 1.82) is 0 Å². The summed E-state index contributed by atoms with van der Waals surface area (Å²) in [5.41, 5.74) is 1.16. The van der Waals surface area contributed by atoms with Crippen molar-refractivity contribution >= 4 is 28.8 Å². The molecule has 0 spiro atoms. The summed E-state index contributed by atoms with van der Waals surface area (Å²) in [7, 11) is 0. The van der Waals surface area contributed by atoms with E-state index in [0.717, 1.165) is 21.4 Å². The van der Waals surface area contributed by atoms with Crippen molar-refractivity contribution in [3.05, 3.63) is 57.2 Å². The first kappa shape index (κ1) is 16.5. The molecule has 4 heteroatoms. The first-order chi connectivity index (χ1) is 11.2. The lowest BCUT2D eigenvalue weighted by atomic mass is 9.99. The third-order valence-corrected chi connectivity index (χ3v) is 5.72. The van der Waals surface area contributed by atoms with Crippen LogP contribution >= 0.6 is 22.9 Å². The molecule has 1 N–H and O–H groups in total. The topological polar surface area (TPSA) is 29.1 Å². The number of nitrogens with one attached hydrogen (secondary N) is 1. The molecule has 1 unspecified atom stereocenters. The maximum atomic E-state index is 12.5. The average Bonchev–Trinajstić information content (AvgIpc) is 3.09. The van der Waals surface area contributed by atoms with E-state index in [-0.39, 0.29) is 11.9 Å². The lowest BCUT2D eigenvalue weighted by molar-refractivity contribution is 0.0934. The summed E-state index contributed by atoms with van der Waals surface area (Å²) in [4.78, 5) is 13.3.